The van der Waals surface area contributed by atoms with Crippen LogP contribution < -0.4 is 5.32 Å². The average molecular weight is 159 g/mol. The van der Waals surface area contributed by atoms with Crippen LogP contribution in [-0.2, 0) is 4.79 Å². The van der Waals surface area contributed by atoms with Crippen LogP contribution in [0.5, 0.6) is 0 Å². The minimum atomic E-state index is -0.776. The molecule has 0 saturated heterocycles. The van der Waals surface area contributed by atoms with E-state index in [0.717, 1.165) is 0 Å². The van der Waals surface area contributed by atoms with Gasteiger partial charge in [-0.15, -0.1) is 0 Å². The number of carboxylic acids is 1. The molecule has 0 heterocycles. The Morgan fingerprint density at radius 2 is 2.00 bits per heavy atom. The molecule has 0 aliphatic rings. The van der Waals surface area contributed by atoms with Gasteiger partial charge in [0.15, 0.2) is 0 Å². The Morgan fingerprint density at radius 1 is 1.55 bits per heavy atom. The molecule has 0 radical (unpaired) electrons. The van der Waals surface area contributed by atoms with Gasteiger partial charge in [0.25, 0.3) is 0 Å². The number of carbonyl (C=O) groups is 1. The van der Waals surface area contributed by atoms with Crippen LogP contribution in [0.3, 0.4) is 0 Å². The van der Waals surface area contributed by atoms with Gasteiger partial charge >= 0.3 is 5.97 Å². The Bertz CT molecular complexity index is 138. The molecule has 0 spiro atoms. The van der Waals surface area contributed by atoms with Gasteiger partial charge in [0.1, 0.15) is 6.04 Å². The first-order valence-electron chi connectivity index (χ1n) is 3.77. The first-order chi connectivity index (χ1) is 4.87. The summed E-state index contributed by atoms with van der Waals surface area (Å²) in [5, 5.41) is 11.4. The van der Waals surface area contributed by atoms with Crippen LogP contribution in [0.4, 0.5) is 0 Å². The van der Waals surface area contributed by atoms with E-state index in [9.17, 15) is 4.79 Å². The van der Waals surface area contributed by atoms with Crippen molar-refractivity contribution < 1.29 is 9.90 Å². The molecule has 11 heavy (non-hydrogen) atoms. The minimum absolute atomic E-state index is 0.0616. The van der Waals surface area contributed by atoms with Crippen LogP contribution >= 0.6 is 0 Å². The third kappa shape index (κ3) is 4.79. The zero-order chi connectivity index (χ0) is 9.07. The van der Waals surface area contributed by atoms with Gasteiger partial charge in [-0.25, -0.2) is 0 Å². The lowest BCUT2D eigenvalue weighted by molar-refractivity contribution is -0.140. The summed E-state index contributed by atoms with van der Waals surface area (Å²) in [5.41, 5.74) is 0.0616. The summed E-state index contributed by atoms with van der Waals surface area (Å²) in [4.78, 5) is 10.5. The Kier molecular flexibility index (Phi) is 3.52. The molecule has 0 fully saturated rings. The van der Waals surface area contributed by atoms with E-state index in [2.05, 4.69) is 5.32 Å². The number of hydrogen-bond donors (Lipinski definition) is 2. The van der Waals surface area contributed by atoms with Crippen molar-refractivity contribution in [3.63, 3.8) is 0 Å². The van der Waals surface area contributed by atoms with Crippen LogP contribution in [0.2, 0.25) is 0 Å². The highest BCUT2D eigenvalue weighted by molar-refractivity contribution is 5.73. The molecule has 0 saturated carbocycles. The molecule has 0 aromatic carbocycles. The van der Waals surface area contributed by atoms with Crippen molar-refractivity contribution in [1.82, 2.24) is 5.32 Å². The van der Waals surface area contributed by atoms with Gasteiger partial charge in [-0.3, -0.25) is 4.79 Å². The molecule has 0 unspecified atom stereocenters. The molecule has 0 rings (SSSR count). The van der Waals surface area contributed by atoms with Gasteiger partial charge in [-0.1, -0.05) is 20.8 Å². The maximum absolute atomic E-state index is 10.5. The van der Waals surface area contributed by atoms with Gasteiger partial charge < -0.3 is 10.4 Å². The van der Waals surface area contributed by atoms with Crippen LogP contribution in [0, 0.1) is 5.41 Å². The Labute approximate surface area is 67.8 Å². The van der Waals surface area contributed by atoms with Gasteiger partial charge in [-0.2, -0.15) is 0 Å². The molecule has 0 aliphatic heterocycles. The monoisotopic (exact) mass is 159 g/mol. The van der Waals surface area contributed by atoms with Crippen LogP contribution in [0.1, 0.15) is 27.2 Å². The molecule has 66 valence electrons. The van der Waals surface area contributed by atoms with Crippen molar-refractivity contribution in [3.8, 4) is 0 Å². The largest absolute Gasteiger partial charge is 0.480 e. The SMILES string of the molecule is CN[C@@H](CC(C)(C)C)C(=O)O. The normalized spacial score (nSPS) is 14.5. The third-order valence-corrected chi connectivity index (χ3v) is 1.46. The van der Waals surface area contributed by atoms with Gasteiger partial charge in [0.05, 0.1) is 0 Å². The molecular formula is C8H17NO2. The Morgan fingerprint density at radius 3 is 2.09 bits per heavy atom. The maximum Gasteiger partial charge on any atom is 0.320 e. The van der Waals surface area contributed by atoms with E-state index >= 15 is 0 Å². The molecule has 2 N–H and O–H groups in total. The predicted octanol–water partition coefficient (Wildman–Crippen LogP) is 1.10. The predicted molar refractivity (Wildman–Crippen MR) is 44.6 cm³/mol. The Hall–Kier alpha value is -0.570. The summed E-state index contributed by atoms with van der Waals surface area (Å²) < 4.78 is 0. The second-order valence-corrected chi connectivity index (χ2v) is 3.94. The fourth-order valence-corrected chi connectivity index (χ4v) is 0.925. The number of hydrogen-bond acceptors (Lipinski definition) is 2. The highest BCUT2D eigenvalue weighted by atomic mass is 16.4. The van der Waals surface area contributed by atoms with Crippen molar-refractivity contribution in [1.29, 1.82) is 0 Å². The van der Waals surface area contributed by atoms with E-state index in [0.29, 0.717) is 6.42 Å². The first kappa shape index (κ1) is 10.4. The molecule has 3 nitrogen and oxygen atoms in total. The lowest BCUT2D eigenvalue weighted by atomic mass is 9.88. The van der Waals surface area contributed by atoms with E-state index in [1.165, 1.54) is 0 Å². The van der Waals surface area contributed by atoms with E-state index in [4.69, 9.17) is 5.11 Å². The molecule has 0 aromatic heterocycles. The second kappa shape index (κ2) is 3.72. The first-order valence-corrected chi connectivity index (χ1v) is 3.77. The summed E-state index contributed by atoms with van der Waals surface area (Å²) in [6.07, 6.45) is 0.652. The van der Waals surface area contributed by atoms with Crippen molar-refractivity contribution in [3.05, 3.63) is 0 Å². The summed E-state index contributed by atoms with van der Waals surface area (Å²) in [6.45, 7) is 6.08. The molecule has 3 heteroatoms. The number of likely N-dealkylation sites (N-methyl/N-ethyl adjacent to an activating group) is 1. The summed E-state index contributed by atoms with van der Waals surface area (Å²) in [7, 11) is 1.67. The fourth-order valence-electron chi connectivity index (χ4n) is 0.925. The fraction of sp³-hybridized carbons (Fsp3) is 0.875. The number of aliphatic carboxylic acids is 1. The molecule has 0 aliphatic carbocycles. The molecule has 0 aromatic rings. The average Bonchev–Trinajstić information content (AvgIpc) is 1.80. The summed E-state index contributed by atoms with van der Waals surface area (Å²) in [6, 6.07) is -0.421. The quantitative estimate of drug-likeness (QED) is 0.648. The zero-order valence-corrected chi connectivity index (χ0v) is 7.64. The zero-order valence-electron chi connectivity index (χ0n) is 7.64. The van der Waals surface area contributed by atoms with Crippen molar-refractivity contribution in [2.24, 2.45) is 5.41 Å². The van der Waals surface area contributed by atoms with Crippen LogP contribution in [0.15, 0.2) is 0 Å². The van der Waals surface area contributed by atoms with E-state index < -0.39 is 12.0 Å². The third-order valence-electron chi connectivity index (χ3n) is 1.46. The van der Waals surface area contributed by atoms with Crippen molar-refractivity contribution >= 4 is 5.97 Å². The number of rotatable bonds is 3. The highest BCUT2D eigenvalue weighted by Crippen LogP contribution is 2.20. The van der Waals surface area contributed by atoms with Crippen molar-refractivity contribution in [2.45, 2.75) is 33.2 Å². The van der Waals surface area contributed by atoms with Gasteiger partial charge in [-0.05, 0) is 18.9 Å². The Balaban J connectivity index is 3.99. The summed E-state index contributed by atoms with van der Waals surface area (Å²) >= 11 is 0. The maximum atomic E-state index is 10.5. The van der Waals surface area contributed by atoms with E-state index in [1.807, 2.05) is 20.8 Å². The lowest BCUT2D eigenvalue weighted by Crippen LogP contribution is -2.37. The summed E-state index contributed by atoms with van der Waals surface area (Å²) in [5.74, 6) is -0.776. The van der Waals surface area contributed by atoms with Crippen LogP contribution in [0.25, 0.3) is 0 Å². The van der Waals surface area contributed by atoms with Gasteiger partial charge in [0.2, 0.25) is 0 Å². The van der Waals surface area contributed by atoms with Crippen LogP contribution in [-0.4, -0.2) is 24.2 Å². The second-order valence-electron chi connectivity index (χ2n) is 3.94. The molecule has 1 atom stereocenters. The smallest absolute Gasteiger partial charge is 0.320 e. The minimum Gasteiger partial charge on any atom is -0.480 e. The topological polar surface area (TPSA) is 49.3 Å². The molecular weight excluding hydrogens is 142 g/mol. The number of nitrogens with one attached hydrogen (secondary N) is 1. The lowest BCUT2D eigenvalue weighted by Gasteiger charge is -2.22. The standard InChI is InChI=1S/C8H17NO2/c1-8(2,3)5-6(9-4)7(10)11/h6,9H,5H2,1-4H3,(H,10,11)/t6-/m0/s1. The van der Waals surface area contributed by atoms with Gasteiger partial charge in [0, 0.05) is 0 Å². The highest BCUT2D eigenvalue weighted by Gasteiger charge is 2.22. The molecule has 0 bridgehead atoms. The van der Waals surface area contributed by atoms with E-state index in [1.54, 1.807) is 7.05 Å². The van der Waals surface area contributed by atoms with E-state index in [-0.39, 0.29) is 5.41 Å². The molecule has 0 amide bonds. The van der Waals surface area contributed by atoms with Crippen molar-refractivity contribution in [2.75, 3.05) is 7.05 Å². The number of carboxylic acid groups (broad SMARTS) is 1.